The number of hydrogen-bond acceptors (Lipinski definition) is 5. The van der Waals surface area contributed by atoms with E-state index in [0.29, 0.717) is 27.9 Å². The smallest absolute Gasteiger partial charge is 0.252 e. The summed E-state index contributed by atoms with van der Waals surface area (Å²) >= 11 is 12.5. The lowest BCUT2D eigenvalue weighted by Crippen LogP contribution is -2.46. The van der Waals surface area contributed by atoms with E-state index in [1.54, 1.807) is 6.07 Å². The lowest BCUT2D eigenvalue weighted by Gasteiger charge is -2.36. The van der Waals surface area contributed by atoms with E-state index in [1.165, 1.54) is 10.6 Å². The number of piperazine rings is 1. The van der Waals surface area contributed by atoms with Crippen LogP contribution in [0.15, 0.2) is 53.3 Å². The van der Waals surface area contributed by atoms with Gasteiger partial charge in [-0.1, -0.05) is 29.3 Å². The molecule has 0 saturated carbocycles. The molecule has 1 aliphatic heterocycles. The molecule has 1 aliphatic rings. The van der Waals surface area contributed by atoms with Crippen molar-refractivity contribution < 1.29 is 9.84 Å². The summed E-state index contributed by atoms with van der Waals surface area (Å²) in [7, 11) is 0. The molecule has 3 aromatic rings. The number of aliphatic hydroxyl groups is 1. The fourth-order valence-electron chi connectivity index (χ4n) is 4.08. The fourth-order valence-corrected chi connectivity index (χ4v) is 4.50. The van der Waals surface area contributed by atoms with Crippen molar-refractivity contribution in [1.29, 1.82) is 0 Å². The highest BCUT2D eigenvalue weighted by Crippen LogP contribution is 2.32. The molecule has 0 radical (unpaired) electrons. The van der Waals surface area contributed by atoms with Crippen LogP contribution in [-0.4, -0.2) is 53.9 Å². The number of aromatic nitrogens is 1. The molecule has 8 heteroatoms. The molecular weight excluding hydrogens is 449 g/mol. The summed E-state index contributed by atoms with van der Waals surface area (Å²) < 4.78 is 7.22. The van der Waals surface area contributed by atoms with E-state index in [0.717, 1.165) is 56.6 Å². The Labute approximate surface area is 197 Å². The standard InChI is InChI=1S/C24H27Cl2N3O3/c25-20-4-3-5-21(24(20)26)28-13-11-27(12-14-28)10-1-2-15-32-19-8-6-18-7-9-23(31)29(17-30)22(18)16-19/h3-9,16,30H,1-2,10-15,17H2. The Hall–Kier alpha value is -2.25. The number of nitrogens with zero attached hydrogens (tertiary/aromatic N) is 3. The van der Waals surface area contributed by atoms with Crippen LogP contribution in [0.2, 0.25) is 10.0 Å². The van der Waals surface area contributed by atoms with Crippen molar-refractivity contribution in [3.05, 3.63) is 68.9 Å². The Morgan fingerprint density at radius 3 is 2.53 bits per heavy atom. The largest absolute Gasteiger partial charge is 0.494 e. The molecule has 170 valence electrons. The summed E-state index contributed by atoms with van der Waals surface area (Å²) in [5, 5.41) is 11.6. The van der Waals surface area contributed by atoms with E-state index in [2.05, 4.69) is 9.80 Å². The van der Waals surface area contributed by atoms with Crippen molar-refractivity contribution in [2.24, 2.45) is 0 Å². The molecule has 4 rings (SSSR count). The molecule has 1 N–H and O–H groups in total. The number of fused-ring (bicyclic) bond motifs is 1. The molecule has 6 nitrogen and oxygen atoms in total. The van der Waals surface area contributed by atoms with Crippen LogP contribution < -0.4 is 15.2 Å². The summed E-state index contributed by atoms with van der Waals surface area (Å²) in [6, 6.07) is 14.6. The molecule has 0 unspecified atom stereocenters. The van der Waals surface area contributed by atoms with Crippen molar-refractivity contribution in [3.8, 4) is 5.75 Å². The highest BCUT2D eigenvalue weighted by molar-refractivity contribution is 6.43. The zero-order chi connectivity index (χ0) is 22.5. The van der Waals surface area contributed by atoms with Crippen LogP contribution in [0.5, 0.6) is 5.75 Å². The molecule has 1 saturated heterocycles. The van der Waals surface area contributed by atoms with Crippen molar-refractivity contribution in [2.45, 2.75) is 19.6 Å². The number of unbranched alkanes of at least 4 members (excludes halogenated alkanes) is 1. The van der Waals surface area contributed by atoms with Gasteiger partial charge in [-0.05, 0) is 55.1 Å². The third-order valence-corrected chi connectivity index (χ3v) is 6.70. The molecule has 1 aromatic heterocycles. The van der Waals surface area contributed by atoms with E-state index >= 15 is 0 Å². The predicted molar refractivity (Wildman–Crippen MR) is 130 cm³/mol. The number of rotatable bonds is 8. The summed E-state index contributed by atoms with van der Waals surface area (Å²) in [6.07, 6.45) is 1.99. The number of ether oxygens (including phenoxy) is 1. The first-order valence-corrected chi connectivity index (χ1v) is 11.6. The second-order valence-corrected chi connectivity index (χ2v) is 8.70. The van der Waals surface area contributed by atoms with Crippen molar-refractivity contribution >= 4 is 39.8 Å². The van der Waals surface area contributed by atoms with Gasteiger partial charge in [0.2, 0.25) is 0 Å². The van der Waals surface area contributed by atoms with Crippen molar-refractivity contribution in [1.82, 2.24) is 9.47 Å². The maximum atomic E-state index is 11.9. The van der Waals surface area contributed by atoms with Crippen LogP contribution in [0.3, 0.4) is 0 Å². The Kier molecular flexibility index (Phi) is 7.58. The highest BCUT2D eigenvalue weighted by atomic mass is 35.5. The van der Waals surface area contributed by atoms with Crippen LogP contribution in [0.25, 0.3) is 10.9 Å². The Morgan fingerprint density at radius 2 is 1.75 bits per heavy atom. The van der Waals surface area contributed by atoms with Gasteiger partial charge < -0.3 is 14.7 Å². The minimum Gasteiger partial charge on any atom is -0.494 e. The Bertz CT molecular complexity index is 1130. The summed E-state index contributed by atoms with van der Waals surface area (Å²) in [5.74, 6) is 0.706. The number of halogens is 2. The van der Waals surface area contributed by atoms with Gasteiger partial charge in [0.05, 0.1) is 27.9 Å². The molecule has 0 aliphatic carbocycles. The SMILES string of the molecule is O=c1ccc2ccc(OCCCCN3CCN(c4cccc(Cl)c4Cl)CC3)cc2n1CO. The minimum absolute atomic E-state index is 0.227. The van der Waals surface area contributed by atoms with E-state index in [9.17, 15) is 9.90 Å². The second-order valence-electron chi connectivity index (χ2n) is 7.92. The van der Waals surface area contributed by atoms with Gasteiger partial charge in [-0.2, -0.15) is 0 Å². The first kappa shape index (κ1) is 22.9. The van der Waals surface area contributed by atoms with Crippen LogP contribution >= 0.6 is 23.2 Å². The van der Waals surface area contributed by atoms with Crippen LogP contribution in [0.1, 0.15) is 12.8 Å². The Morgan fingerprint density at radius 1 is 0.969 bits per heavy atom. The number of hydrogen-bond donors (Lipinski definition) is 1. The van der Waals surface area contributed by atoms with E-state index in [4.69, 9.17) is 27.9 Å². The number of benzene rings is 2. The van der Waals surface area contributed by atoms with Crippen molar-refractivity contribution in [3.63, 3.8) is 0 Å². The third kappa shape index (κ3) is 5.21. The predicted octanol–water partition coefficient (Wildman–Crippen LogP) is 4.24. The van der Waals surface area contributed by atoms with Crippen LogP contribution in [0.4, 0.5) is 5.69 Å². The molecule has 0 bridgehead atoms. The van der Waals surface area contributed by atoms with Gasteiger partial charge in [-0.25, -0.2) is 0 Å². The maximum absolute atomic E-state index is 11.9. The summed E-state index contributed by atoms with van der Waals surface area (Å²) in [4.78, 5) is 16.7. The molecule has 0 spiro atoms. The fraction of sp³-hybridized carbons (Fsp3) is 0.375. The van der Waals surface area contributed by atoms with Gasteiger partial charge in [0.1, 0.15) is 12.5 Å². The zero-order valence-electron chi connectivity index (χ0n) is 17.8. The molecule has 0 amide bonds. The topological polar surface area (TPSA) is 57.9 Å². The normalized spacial score (nSPS) is 14.8. The number of pyridine rings is 1. The maximum Gasteiger partial charge on any atom is 0.252 e. The molecule has 1 fully saturated rings. The lowest BCUT2D eigenvalue weighted by molar-refractivity contribution is 0.211. The van der Waals surface area contributed by atoms with Gasteiger partial charge >= 0.3 is 0 Å². The van der Waals surface area contributed by atoms with Gasteiger partial charge in [0.25, 0.3) is 5.56 Å². The average molecular weight is 476 g/mol. The monoisotopic (exact) mass is 475 g/mol. The summed E-state index contributed by atoms with van der Waals surface area (Å²) in [6.45, 7) is 5.14. The van der Waals surface area contributed by atoms with E-state index < -0.39 is 0 Å². The quantitative estimate of drug-likeness (QED) is 0.493. The third-order valence-electron chi connectivity index (χ3n) is 5.89. The van der Waals surface area contributed by atoms with Gasteiger partial charge in [0.15, 0.2) is 0 Å². The van der Waals surface area contributed by atoms with Crippen LogP contribution in [0, 0.1) is 0 Å². The lowest BCUT2D eigenvalue weighted by atomic mass is 10.2. The molecule has 2 aromatic carbocycles. The number of anilines is 1. The molecular formula is C24H27Cl2N3O3. The van der Waals surface area contributed by atoms with E-state index in [1.807, 2.05) is 36.4 Å². The van der Waals surface area contributed by atoms with E-state index in [-0.39, 0.29) is 12.3 Å². The minimum atomic E-state index is -0.351. The van der Waals surface area contributed by atoms with Gasteiger partial charge in [-0.15, -0.1) is 0 Å². The van der Waals surface area contributed by atoms with Crippen LogP contribution in [-0.2, 0) is 6.73 Å². The van der Waals surface area contributed by atoms with Gasteiger partial charge in [0, 0.05) is 38.3 Å². The zero-order valence-corrected chi connectivity index (χ0v) is 19.4. The van der Waals surface area contributed by atoms with Gasteiger partial charge in [-0.3, -0.25) is 14.3 Å². The first-order valence-electron chi connectivity index (χ1n) is 10.9. The Balaban J connectivity index is 1.21. The molecule has 0 atom stereocenters. The molecule has 2 heterocycles. The first-order chi connectivity index (χ1) is 15.6. The van der Waals surface area contributed by atoms with Crippen molar-refractivity contribution in [2.75, 3.05) is 44.2 Å². The average Bonchev–Trinajstić information content (AvgIpc) is 2.81. The summed E-state index contributed by atoms with van der Waals surface area (Å²) in [5.41, 5.74) is 1.46. The molecule has 32 heavy (non-hydrogen) atoms. The number of aliphatic hydroxyl groups excluding tert-OH is 1. The second kappa shape index (κ2) is 10.6. The highest BCUT2D eigenvalue weighted by Gasteiger charge is 2.19.